The summed E-state index contributed by atoms with van der Waals surface area (Å²) in [4.78, 5) is 13.8. The van der Waals surface area contributed by atoms with Gasteiger partial charge in [0.15, 0.2) is 0 Å². The maximum absolute atomic E-state index is 11.6. The lowest BCUT2D eigenvalue weighted by Crippen LogP contribution is -2.46. The van der Waals surface area contributed by atoms with Crippen LogP contribution in [-0.4, -0.2) is 54.7 Å². The number of amides is 1. The Kier molecular flexibility index (Phi) is 6.17. The zero-order valence-electron chi connectivity index (χ0n) is 12.4. The second-order valence-corrected chi connectivity index (χ2v) is 5.73. The number of rotatable bonds is 7. The molecule has 1 aromatic rings. The SMILES string of the molecule is NC(=O)[C@H](Cc1ccccc1)C[C@H](O)CN1CCNCC1. The van der Waals surface area contributed by atoms with Crippen molar-refractivity contribution in [1.29, 1.82) is 0 Å². The summed E-state index contributed by atoms with van der Waals surface area (Å²) < 4.78 is 0. The zero-order chi connectivity index (χ0) is 15.1. The molecule has 0 radical (unpaired) electrons. The first kappa shape index (κ1) is 15.9. The highest BCUT2D eigenvalue weighted by Crippen LogP contribution is 2.15. The molecule has 116 valence electrons. The molecule has 1 heterocycles. The third-order valence-electron chi connectivity index (χ3n) is 3.96. The Balaban J connectivity index is 1.85. The molecule has 4 N–H and O–H groups in total. The number of β-amino-alcohol motifs (C(OH)–C–C–N with tert-alkyl or cyclic N) is 1. The van der Waals surface area contributed by atoms with Gasteiger partial charge >= 0.3 is 0 Å². The number of carbonyl (C=O) groups excluding carboxylic acids is 1. The molecule has 0 bridgehead atoms. The second-order valence-electron chi connectivity index (χ2n) is 5.73. The van der Waals surface area contributed by atoms with Gasteiger partial charge in [0.1, 0.15) is 0 Å². The highest BCUT2D eigenvalue weighted by Gasteiger charge is 2.22. The smallest absolute Gasteiger partial charge is 0.220 e. The van der Waals surface area contributed by atoms with Gasteiger partial charge in [0.2, 0.25) is 5.91 Å². The first-order chi connectivity index (χ1) is 10.1. The Morgan fingerprint density at radius 3 is 2.57 bits per heavy atom. The Morgan fingerprint density at radius 2 is 1.95 bits per heavy atom. The molecular weight excluding hydrogens is 266 g/mol. The number of hydrogen-bond acceptors (Lipinski definition) is 4. The number of nitrogens with one attached hydrogen (secondary N) is 1. The van der Waals surface area contributed by atoms with Crippen molar-refractivity contribution in [1.82, 2.24) is 10.2 Å². The summed E-state index contributed by atoms with van der Waals surface area (Å²) in [5.41, 5.74) is 6.57. The monoisotopic (exact) mass is 291 g/mol. The van der Waals surface area contributed by atoms with E-state index in [0.29, 0.717) is 19.4 Å². The first-order valence-corrected chi connectivity index (χ1v) is 7.59. The fraction of sp³-hybridized carbons (Fsp3) is 0.562. The standard InChI is InChI=1S/C16H25N3O2/c17-16(21)14(10-13-4-2-1-3-5-13)11-15(20)12-19-8-6-18-7-9-19/h1-5,14-15,18,20H,6-12H2,(H2,17,21)/t14-,15+/m1/s1. The average Bonchev–Trinajstić information content (AvgIpc) is 2.48. The first-order valence-electron chi connectivity index (χ1n) is 7.59. The molecule has 21 heavy (non-hydrogen) atoms. The van der Waals surface area contributed by atoms with Crippen LogP contribution in [0.15, 0.2) is 30.3 Å². The van der Waals surface area contributed by atoms with Gasteiger partial charge in [-0.05, 0) is 18.4 Å². The highest BCUT2D eigenvalue weighted by atomic mass is 16.3. The van der Waals surface area contributed by atoms with Crippen molar-refractivity contribution in [3.63, 3.8) is 0 Å². The van der Waals surface area contributed by atoms with Crippen LogP contribution in [0.2, 0.25) is 0 Å². The van der Waals surface area contributed by atoms with Crippen molar-refractivity contribution in [3.8, 4) is 0 Å². The second kappa shape index (κ2) is 8.12. The van der Waals surface area contributed by atoms with Crippen molar-refractivity contribution < 1.29 is 9.90 Å². The van der Waals surface area contributed by atoms with Crippen LogP contribution in [0.5, 0.6) is 0 Å². The lowest BCUT2D eigenvalue weighted by molar-refractivity contribution is -0.122. The van der Waals surface area contributed by atoms with E-state index < -0.39 is 6.10 Å². The normalized spacial score (nSPS) is 19.1. The van der Waals surface area contributed by atoms with Crippen LogP contribution in [0.25, 0.3) is 0 Å². The van der Waals surface area contributed by atoms with Crippen LogP contribution in [0.4, 0.5) is 0 Å². The van der Waals surface area contributed by atoms with E-state index in [-0.39, 0.29) is 11.8 Å². The molecule has 0 spiro atoms. The van der Waals surface area contributed by atoms with Crippen molar-refractivity contribution in [2.75, 3.05) is 32.7 Å². The Labute approximate surface area is 126 Å². The number of nitrogens with zero attached hydrogens (tertiary/aromatic N) is 1. The van der Waals surface area contributed by atoms with Gasteiger partial charge in [0.25, 0.3) is 0 Å². The number of nitrogens with two attached hydrogens (primary N) is 1. The van der Waals surface area contributed by atoms with Gasteiger partial charge in [-0.15, -0.1) is 0 Å². The minimum Gasteiger partial charge on any atom is -0.392 e. The van der Waals surface area contributed by atoms with Gasteiger partial charge in [0, 0.05) is 38.6 Å². The third kappa shape index (κ3) is 5.46. The van der Waals surface area contributed by atoms with E-state index in [1.165, 1.54) is 0 Å². The molecule has 5 heteroatoms. The quantitative estimate of drug-likeness (QED) is 0.660. The van der Waals surface area contributed by atoms with E-state index >= 15 is 0 Å². The molecule has 5 nitrogen and oxygen atoms in total. The van der Waals surface area contributed by atoms with Gasteiger partial charge < -0.3 is 16.2 Å². The summed E-state index contributed by atoms with van der Waals surface area (Å²) in [5, 5.41) is 13.5. The molecule has 1 amide bonds. The summed E-state index contributed by atoms with van der Waals surface area (Å²) in [7, 11) is 0. The van der Waals surface area contributed by atoms with E-state index in [1.807, 2.05) is 30.3 Å². The number of piperazine rings is 1. The third-order valence-corrected chi connectivity index (χ3v) is 3.96. The van der Waals surface area contributed by atoms with Crippen molar-refractivity contribution in [3.05, 3.63) is 35.9 Å². The minimum absolute atomic E-state index is 0.315. The van der Waals surface area contributed by atoms with E-state index in [1.54, 1.807) is 0 Å². The number of benzene rings is 1. The number of carbonyl (C=O) groups is 1. The number of primary amides is 1. The highest BCUT2D eigenvalue weighted by molar-refractivity contribution is 5.77. The molecule has 1 aliphatic rings. The van der Waals surface area contributed by atoms with Gasteiger partial charge in [-0.25, -0.2) is 0 Å². The van der Waals surface area contributed by atoms with Crippen molar-refractivity contribution in [2.24, 2.45) is 11.7 Å². The summed E-state index contributed by atoms with van der Waals surface area (Å²) in [6.45, 7) is 4.40. The minimum atomic E-state index is -0.510. The van der Waals surface area contributed by atoms with Gasteiger partial charge in [-0.1, -0.05) is 30.3 Å². The van der Waals surface area contributed by atoms with Crippen molar-refractivity contribution >= 4 is 5.91 Å². The molecule has 0 aromatic heterocycles. The van der Waals surface area contributed by atoms with Crippen LogP contribution in [-0.2, 0) is 11.2 Å². The molecular formula is C16H25N3O2. The van der Waals surface area contributed by atoms with E-state index in [2.05, 4.69) is 10.2 Å². The summed E-state index contributed by atoms with van der Waals surface area (Å²) in [5.74, 6) is -0.650. The van der Waals surface area contributed by atoms with Gasteiger partial charge in [-0.2, -0.15) is 0 Å². The molecule has 0 aliphatic carbocycles. The van der Waals surface area contributed by atoms with Crippen molar-refractivity contribution in [2.45, 2.75) is 18.9 Å². The maximum atomic E-state index is 11.6. The van der Waals surface area contributed by atoms with E-state index in [0.717, 1.165) is 31.7 Å². The fourth-order valence-electron chi connectivity index (χ4n) is 2.79. The van der Waals surface area contributed by atoms with E-state index in [4.69, 9.17) is 5.73 Å². The van der Waals surface area contributed by atoms with Crippen LogP contribution in [0, 0.1) is 5.92 Å². The maximum Gasteiger partial charge on any atom is 0.220 e. The lowest BCUT2D eigenvalue weighted by atomic mass is 9.93. The van der Waals surface area contributed by atoms with Crippen LogP contribution in [0.3, 0.4) is 0 Å². The largest absolute Gasteiger partial charge is 0.392 e. The predicted octanol–water partition coefficient (Wildman–Crippen LogP) is -0.0132. The van der Waals surface area contributed by atoms with E-state index in [9.17, 15) is 9.90 Å². The Morgan fingerprint density at radius 1 is 1.29 bits per heavy atom. The van der Waals surface area contributed by atoms with Crippen LogP contribution >= 0.6 is 0 Å². The summed E-state index contributed by atoms with van der Waals surface area (Å²) in [6, 6.07) is 9.81. The summed E-state index contributed by atoms with van der Waals surface area (Å²) in [6.07, 6.45) is 0.507. The number of aliphatic hydroxyl groups is 1. The predicted molar refractivity (Wildman–Crippen MR) is 82.8 cm³/mol. The van der Waals surface area contributed by atoms with Gasteiger partial charge in [0.05, 0.1) is 6.10 Å². The average molecular weight is 291 g/mol. The fourth-order valence-corrected chi connectivity index (χ4v) is 2.79. The number of hydrogen-bond donors (Lipinski definition) is 3. The molecule has 2 rings (SSSR count). The molecule has 1 aromatic carbocycles. The molecule has 1 fully saturated rings. The molecule has 2 atom stereocenters. The Bertz CT molecular complexity index is 432. The van der Waals surface area contributed by atoms with Crippen LogP contribution in [0.1, 0.15) is 12.0 Å². The summed E-state index contributed by atoms with van der Waals surface area (Å²) >= 11 is 0. The number of aliphatic hydroxyl groups excluding tert-OH is 1. The zero-order valence-corrected chi connectivity index (χ0v) is 12.4. The lowest BCUT2D eigenvalue weighted by Gasteiger charge is -2.30. The van der Waals surface area contributed by atoms with Gasteiger partial charge in [-0.3, -0.25) is 9.69 Å². The molecule has 0 saturated carbocycles. The Hall–Kier alpha value is -1.43. The molecule has 0 unspecified atom stereocenters. The van der Waals surface area contributed by atoms with Crippen LogP contribution < -0.4 is 11.1 Å². The topological polar surface area (TPSA) is 78.6 Å². The molecule has 1 saturated heterocycles. The molecule has 1 aliphatic heterocycles.